The van der Waals surface area contributed by atoms with Gasteiger partial charge in [0.1, 0.15) is 0 Å². The highest BCUT2D eigenvalue weighted by molar-refractivity contribution is 6.06. The maximum Gasteiger partial charge on any atom is 0.276 e. The standard InChI is InChI=1S/C17H16N2O5/c1-18(13-6-3-11(4-7-13)17(21)19(2)22)16(20)12-5-8-14-15(9-12)24-10-23-14/h3-9,22H,10H2,1-2H3. The van der Waals surface area contributed by atoms with E-state index in [1.165, 1.54) is 11.9 Å². The van der Waals surface area contributed by atoms with Crippen LogP contribution < -0.4 is 14.4 Å². The lowest BCUT2D eigenvalue weighted by atomic mass is 10.1. The van der Waals surface area contributed by atoms with Crippen LogP contribution in [-0.4, -0.2) is 43.0 Å². The van der Waals surface area contributed by atoms with Gasteiger partial charge in [-0.25, -0.2) is 5.06 Å². The van der Waals surface area contributed by atoms with Crippen LogP contribution in [0.2, 0.25) is 0 Å². The number of ether oxygens (including phenoxy) is 2. The minimum absolute atomic E-state index is 0.150. The van der Waals surface area contributed by atoms with Crippen molar-refractivity contribution in [2.75, 3.05) is 25.8 Å². The molecular weight excluding hydrogens is 312 g/mol. The Bertz CT molecular complexity index is 786. The van der Waals surface area contributed by atoms with Crippen molar-refractivity contribution in [1.82, 2.24) is 5.06 Å². The van der Waals surface area contributed by atoms with Crippen molar-refractivity contribution in [2.24, 2.45) is 0 Å². The largest absolute Gasteiger partial charge is 0.454 e. The van der Waals surface area contributed by atoms with E-state index in [-0.39, 0.29) is 12.7 Å². The van der Waals surface area contributed by atoms with E-state index in [4.69, 9.17) is 14.7 Å². The lowest BCUT2D eigenvalue weighted by Crippen LogP contribution is -2.26. The Labute approximate surface area is 138 Å². The normalized spacial score (nSPS) is 12.0. The molecule has 1 heterocycles. The summed E-state index contributed by atoms with van der Waals surface area (Å²) >= 11 is 0. The van der Waals surface area contributed by atoms with Crippen molar-refractivity contribution in [2.45, 2.75) is 0 Å². The van der Waals surface area contributed by atoms with E-state index < -0.39 is 5.91 Å². The Balaban J connectivity index is 1.79. The maximum atomic E-state index is 12.6. The first-order chi connectivity index (χ1) is 11.5. The molecule has 1 aliphatic heterocycles. The molecule has 124 valence electrons. The number of hydroxylamine groups is 2. The van der Waals surface area contributed by atoms with E-state index in [9.17, 15) is 9.59 Å². The van der Waals surface area contributed by atoms with Gasteiger partial charge in [0.2, 0.25) is 6.79 Å². The van der Waals surface area contributed by atoms with Crippen LogP contribution in [0.1, 0.15) is 20.7 Å². The Morgan fingerprint density at radius 3 is 2.21 bits per heavy atom. The monoisotopic (exact) mass is 328 g/mol. The van der Waals surface area contributed by atoms with E-state index in [0.717, 1.165) is 0 Å². The second kappa shape index (κ2) is 6.21. The van der Waals surface area contributed by atoms with Gasteiger partial charge in [0.15, 0.2) is 11.5 Å². The molecule has 1 aliphatic rings. The molecule has 2 aromatic rings. The van der Waals surface area contributed by atoms with Crippen LogP contribution in [0.15, 0.2) is 42.5 Å². The van der Waals surface area contributed by atoms with Crippen LogP contribution in [0.4, 0.5) is 5.69 Å². The predicted octanol–water partition coefficient (Wildman–Crippen LogP) is 2.15. The molecular formula is C17H16N2O5. The second-order valence-electron chi connectivity index (χ2n) is 5.31. The first-order valence-electron chi connectivity index (χ1n) is 7.22. The Kier molecular flexibility index (Phi) is 4.09. The molecule has 0 saturated heterocycles. The molecule has 0 saturated carbocycles. The fraction of sp³-hybridized carbons (Fsp3) is 0.176. The summed E-state index contributed by atoms with van der Waals surface area (Å²) in [5.41, 5.74) is 1.42. The zero-order chi connectivity index (χ0) is 17.3. The van der Waals surface area contributed by atoms with Crippen molar-refractivity contribution >= 4 is 17.5 Å². The molecule has 0 atom stereocenters. The molecule has 0 bridgehead atoms. The predicted molar refractivity (Wildman–Crippen MR) is 85.6 cm³/mol. The van der Waals surface area contributed by atoms with Gasteiger partial charge in [-0.05, 0) is 42.5 Å². The van der Waals surface area contributed by atoms with E-state index in [2.05, 4.69) is 0 Å². The summed E-state index contributed by atoms with van der Waals surface area (Å²) in [7, 11) is 2.90. The number of benzene rings is 2. The zero-order valence-electron chi connectivity index (χ0n) is 13.2. The maximum absolute atomic E-state index is 12.6. The number of amides is 2. The molecule has 1 N–H and O–H groups in total. The van der Waals surface area contributed by atoms with E-state index >= 15 is 0 Å². The minimum atomic E-state index is -0.522. The topological polar surface area (TPSA) is 79.3 Å². The molecule has 2 amide bonds. The average molecular weight is 328 g/mol. The molecule has 0 fully saturated rings. The van der Waals surface area contributed by atoms with Crippen molar-refractivity contribution in [3.8, 4) is 11.5 Å². The van der Waals surface area contributed by atoms with Gasteiger partial charge in [-0.2, -0.15) is 0 Å². The SMILES string of the molecule is CN(O)C(=O)c1ccc(N(C)C(=O)c2ccc3c(c2)OCO3)cc1. The molecule has 7 heteroatoms. The zero-order valence-corrected chi connectivity index (χ0v) is 13.2. The van der Waals surface area contributed by atoms with Gasteiger partial charge in [0.05, 0.1) is 0 Å². The van der Waals surface area contributed by atoms with Crippen LogP contribution in [0, 0.1) is 0 Å². The van der Waals surface area contributed by atoms with Crippen LogP contribution in [0.5, 0.6) is 11.5 Å². The van der Waals surface area contributed by atoms with Crippen molar-refractivity contribution < 1.29 is 24.3 Å². The number of nitrogens with zero attached hydrogens (tertiary/aromatic N) is 2. The fourth-order valence-corrected chi connectivity index (χ4v) is 2.35. The van der Waals surface area contributed by atoms with Crippen molar-refractivity contribution in [3.63, 3.8) is 0 Å². The van der Waals surface area contributed by atoms with Gasteiger partial charge in [0.25, 0.3) is 11.8 Å². The quantitative estimate of drug-likeness (QED) is 0.690. The summed E-state index contributed by atoms with van der Waals surface area (Å²) in [6.45, 7) is 0.150. The van der Waals surface area contributed by atoms with E-state index in [1.54, 1.807) is 49.5 Å². The lowest BCUT2D eigenvalue weighted by Gasteiger charge is -2.18. The Morgan fingerprint density at radius 1 is 0.917 bits per heavy atom. The molecule has 3 rings (SSSR count). The highest BCUT2D eigenvalue weighted by Gasteiger charge is 2.19. The van der Waals surface area contributed by atoms with Gasteiger partial charge in [-0.3, -0.25) is 14.8 Å². The average Bonchev–Trinajstić information content (AvgIpc) is 3.07. The number of carbonyl (C=O) groups is 2. The Hall–Kier alpha value is -3.06. The first kappa shape index (κ1) is 15.8. The van der Waals surface area contributed by atoms with Gasteiger partial charge in [-0.15, -0.1) is 0 Å². The van der Waals surface area contributed by atoms with E-state index in [0.29, 0.717) is 33.4 Å². The van der Waals surface area contributed by atoms with Crippen LogP contribution in [0.3, 0.4) is 0 Å². The third-order valence-electron chi connectivity index (χ3n) is 3.72. The van der Waals surface area contributed by atoms with E-state index in [1.807, 2.05) is 0 Å². The van der Waals surface area contributed by atoms with Crippen LogP contribution in [0.25, 0.3) is 0 Å². The molecule has 0 unspecified atom stereocenters. The number of rotatable bonds is 3. The number of hydrogen-bond acceptors (Lipinski definition) is 5. The van der Waals surface area contributed by atoms with Gasteiger partial charge in [0, 0.05) is 30.9 Å². The minimum Gasteiger partial charge on any atom is -0.454 e. The van der Waals surface area contributed by atoms with Gasteiger partial charge in [-0.1, -0.05) is 0 Å². The van der Waals surface area contributed by atoms with Crippen molar-refractivity contribution in [3.05, 3.63) is 53.6 Å². The van der Waals surface area contributed by atoms with Crippen LogP contribution >= 0.6 is 0 Å². The third-order valence-corrected chi connectivity index (χ3v) is 3.72. The summed E-state index contributed by atoms with van der Waals surface area (Å²) in [5.74, 6) is 0.421. The fourth-order valence-electron chi connectivity index (χ4n) is 2.35. The number of fused-ring (bicyclic) bond motifs is 1. The molecule has 0 radical (unpaired) electrons. The number of carbonyl (C=O) groups excluding carboxylic acids is 2. The summed E-state index contributed by atoms with van der Waals surface area (Å²) < 4.78 is 10.5. The summed E-state index contributed by atoms with van der Waals surface area (Å²) in [6.07, 6.45) is 0. The highest BCUT2D eigenvalue weighted by Crippen LogP contribution is 2.33. The van der Waals surface area contributed by atoms with Gasteiger partial charge < -0.3 is 14.4 Å². The molecule has 0 aliphatic carbocycles. The van der Waals surface area contributed by atoms with Gasteiger partial charge >= 0.3 is 0 Å². The lowest BCUT2D eigenvalue weighted by molar-refractivity contribution is -0.0374. The summed E-state index contributed by atoms with van der Waals surface area (Å²) in [6, 6.07) is 11.4. The second-order valence-corrected chi connectivity index (χ2v) is 5.31. The molecule has 24 heavy (non-hydrogen) atoms. The molecule has 7 nitrogen and oxygen atoms in total. The first-order valence-corrected chi connectivity index (χ1v) is 7.22. The molecule has 0 aromatic heterocycles. The molecule has 2 aromatic carbocycles. The van der Waals surface area contributed by atoms with Crippen LogP contribution in [-0.2, 0) is 0 Å². The van der Waals surface area contributed by atoms with Crippen molar-refractivity contribution in [1.29, 1.82) is 0 Å². The molecule has 0 spiro atoms. The third kappa shape index (κ3) is 2.89. The smallest absolute Gasteiger partial charge is 0.276 e. The Morgan fingerprint density at radius 2 is 1.54 bits per heavy atom. The number of hydrogen-bond donors (Lipinski definition) is 1. The summed E-state index contributed by atoms with van der Waals surface area (Å²) in [5, 5.41) is 9.67. The number of anilines is 1. The highest BCUT2D eigenvalue weighted by atomic mass is 16.7. The summed E-state index contributed by atoms with van der Waals surface area (Å²) in [4.78, 5) is 25.7.